The number of pyridine rings is 1. The van der Waals surface area contributed by atoms with E-state index < -0.39 is 0 Å². The van der Waals surface area contributed by atoms with Gasteiger partial charge in [-0.3, -0.25) is 5.43 Å². The zero-order valence-corrected chi connectivity index (χ0v) is 17.4. The van der Waals surface area contributed by atoms with Crippen molar-refractivity contribution in [2.75, 3.05) is 19.6 Å². The second kappa shape index (κ2) is 9.59. The lowest BCUT2D eigenvalue weighted by molar-refractivity contribution is 0.415. The van der Waals surface area contributed by atoms with Crippen LogP contribution in [0.1, 0.15) is 16.8 Å². The molecule has 0 aliphatic carbocycles. The number of ether oxygens (including phenoxy) is 2. The molecule has 1 N–H and O–H groups in total. The molecule has 0 amide bonds. The minimum atomic E-state index is 0.768. The number of benzene rings is 3. The van der Waals surface area contributed by atoms with E-state index in [9.17, 15) is 0 Å². The monoisotopic (exact) mass is 409 g/mol. The third-order valence-electron chi connectivity index (χ3n) is 4.80. The molecule has 31 heavy (non-hydrogen) atoms. The molecule has 0 saturated carbocycles. The van der Waals surface area contributed by atoms with Gasteiger partial charge in [-0.1, -0.05) is 36.4 Å². The maximum atomic E-state index is 5.39. The van der Waals surface area contributed by atoms with Crippen LogP contribution in [0.2, 0.25) is 0 Å². The first kappa shape index (κ1) is 20.2. The summed E-state index contributed by atoms with van der Waals surface area (Å²) in [5, 5.41) is 5.36. The van der Waals surface area contributed by atoms with Crippen LogP contribution in [0.5, 0.6) is 11.5 Å². The van der Waals surface area contributed by atoms with E-state index in [0.717, 1.165) is 44.9 Å². The van der Waals surface area contributed by atoms with E-state index in [2.05, 4.69) is 22.7 Å². The van der Waals surface area contributed by atoms with Gasteiger partial charge in [0.25, 0.3) is 0 Å². The van der Waals surface area contributed by atoms with E-state index in [4.69, 9.17) is 14.5 Å². The highest BCUT2D eigenvalue weighted by Gasteiger charge is 2.06. The Morgan fingerprint density at radius 1 is 0.774 bits per heavy atom. The smallest absolute Gasteiger partial charge is 0.119 e. The highest BCUT2D eigenvalue weighted by molar-refractivity contribution is 5.94. The van der Waals surface area contributed by atoms with Gasteiger partial charge < -0.3 is 9.47 Å². The van der Waals surface area contributed by atoms with Gasteiger partial charge in [0.15, 0.2) is 0 Å². The summed E-state index contributed by atoms with van der Waals surface area (Å²) in [5.74, 6) is 1.58. The zero-order valence-electron chi connectivity index (χ0n) is 17.4. The summed E-state index contributed by atoms with van der Waals surface area (Å²) >= 11 is 0. The quantitative estimate of drug-likeness (QED) is 0.306. The fourth-order valence-electron chi connectivity index (χ4n) is 3.14. The van der Waals surface area contributed by atoms with Crippen molar-refractivity contribution in [3.8, 4) is 11.5 Å². The summed E-state index contributed by atoms with van der Waals surface area (Å²) < 4.78 is 10.6. The summed E-state index contributed by atoms with van der Waals surface area (Å²) in [4.78, 5) is 4.76. The molecule has 0 aliphatic rings. The van der Waals surface area contributed by atoms with Gasteiger partial charge in [-0.05, 0) is 65.7 Å². The van der Waals surface area contributed by atoms with E-state index in [-0.39, 0.29) is 0 Å². The van der Waals surface area contributed by atoms with Gasteiger partial charge in [0.1, 0.15) is 11.5 Å². The van der Waals surface area contributed by atoms with Crippen LogP contribution in [0.25, 0.3) is 23.1 Å². The topological polar surface area (TPSA) is 55.7 Å². The molecule has 0 fully saturated rings. The molecule has 0 spiro atoms. The lowest BCUT2D eigenvalue weighted by Gasteiger charge is -2.09. The first-order valence-electron chi connectivity index (χ1n) is 9.90. The minimum Gasteiger partial charge on any atom is -0.497 e. The number of fused-ring (bicyclic) bond motifs is 1. The molecule has 0 atom stereocenters. The first-order chi connectivity index (χ1) is 15.2. The normalized spacial score (nSPS) is 11.3. The molecule has 1 heterocycles. The van der Waals surface area contributed by atoms with Crippen molar-refractivity contribution in [1.29, 1.82) is 0 Å². The molecule has 0 saturated heterocycles. The third-order valence-corrected chi connectivity index (χ3v) is 4.80. The molecule has 5 heteroatoms. The van der Waals surface area contributed by atoms with Gasteiger partial charge in [0.2, 0.25) is 0 Å². The Hall–Kier alpha value is -4.12. The van der Waals surface area contributed by atoms with Crippen LogP contribution in [0.4, 0.5) is 5.69 Å². The maximum absolute atomic E-state index is 5.39. The molecule has 154 valence electrons. The van der Waals surface area contributed by atoms with Crippen molar-refractivity contribution < 1.29 is 9.47 Å². The third kappa shape index (κ3) is 5.08. The lowest BCUT2D eigenvalue weighted by atomic mass is 10.1. The number of hydrazone groups is 1. The van der Waals surface area contributed by atoms with Gasteiger partial charge in [-0.25, -0.2) is 4.98 Å². The second-order valence-corrected chi connectivity index (χ2v) is 6.86. The summed E-state index contributed by atoms with van der Waals surface area (Å²) in [5.41, 5.74) is 7.79. The number of rotatable bonds is 7. The van der Waals surface area contributed by atoms with Gasteiger partial charge in [0.05, 0.1) is 37.3 Å². The highest BCUT2D eigenvalue weighted by Crippen LogP contribution is 2.28. The Kier molecular flexibility index (Phi) is 6.24. The Bertz CT molecular complexity index is 1220. The number of aromatic nitrogens is 1. The Morgan fingerprint density at radius 3 is 2.26 bits per heavy atom. The van der Waals surface area contributed by atoms with Crippen LogP contribution < -0.4 is 14.9 Å². The summed E-state index contributed by atoms with van der Waals surface area (Å²) in [6, 6.07) is 25.6. The van der Waals surface area contributed by atoms with Crippen LogP contribution in [0, 0.1) is 0 Å². The molecule has 0 bridgehead atoms. The molecule has 5 nitrogen and oxygen atoms in total. The highest BCUT2D eigenvalue weighted by atomic mass is 16.5. The molecule has 0 aliphatic heterocycles. The van der Waals surface area contributed by atoms with Crippen molar-refractivity contribution in [1.82, 2.24) is 4.98 Å². The Morgan fingerprint density at radius 2 is 1.52 bits per heavy atom. The van der Waals surface area contributed by atoms with Gasteiger partial charge in [-0.2, -0.15) is 5.10 Å². The van der Waals surface area contributed by atoms with Crippen molar-refractivity contribution in [3.63, 3.8) is 0 Å². The van der Waals surface area contributed by atoms with Crippen LogP contribution >= 0.6 is 0 Å². The average Bonchev–Trinajstić information content (AvgIpc) is 2.83. The largest absolute Gasteiger partial charge is 0.497 e. The fraction of sp³-hybridized carbons (Fsp3) is 0.0769. The lowest BCUT2D eigenvalue weighted by Crippen LogP contribution is -1.96. The number of hydrogen-bond donors (Lipinski definition) is 1. The zero-order chi connectivity index (χ0) is 21.5. The molecule has 4 aromatic rings. The van der Waals surface area contributed by atoms with E-state index in [1.807, 2.05) is 78.9 Å². The van der Waals surface area contributed by atoms with Crippen molar-refractivity contribution in [3.05, 3.63) is 95.7 Å². The Balaban J connectivity index is 1.65. The number of methoxy groups -OCH3 is 2. The SMILES string of the molecule is COc1ccc(C=NNc2cc(C=Cc3ccccc3)nc3ccc(OC)cc23)cc1. The van der Waals surface area contributed by atoms with E-state index in [1.54, 1.807) is 20.4 Å². The number of hydrogen-bond acceptors (Lipinski definition) is 5. The number of nitrogens with one attached hydrogen (secondary N) is 1. The van der Waals surface area contributed by atoms with Crippen LogP contribution in [0.15, 0.2) is 84.0 Å². The minimum absolute atomic E-state index is 0.768. The van der Waals surface area contributed by atoms with Crippen LogP contribution in [0.3, 0.4) is 0 Å². The maximum Gasteiger partial charge on any atom is 0.119 e. The number of anilines is 1. The predicted molar refractivity (Wildman–Crippen MR) is 128 cm³/mol. The van der Waals surface area contributed by atoms with Crippen molar-refractivity contribution in [2.24, 2.45) is 5.10 Å². The average molecular weight is 409 g/mol. The molecular weight excluding hydrogens is 386 g/mol. The van der Waals surface area contributed by atoms with E-state index >= 15 is 0 Å². The van der Waals surface area contributed by atoms with E-state index in [1.165, 1.54) is 0 Å². The molecule has 1 aromatic heterocycles. The van der Waals surface area contributed by atoms with Gasteiger partial charge in [0, 0.05) is 5.39 Å². The summed E-state index contributed by atoms with van der Waals surface area (Å²) in [7, 11) is 3.30. The molecule has 0 unspecified atom stereocenters. The Labute approximate surface area is 181 Å². The number of nitrogens with zero attached hydrogens (tertiary/aromatic N) is 2. The van der Waals surface area contributed by atoms with Gasteiger partial charge >= 0.3 is 0 Å². The first-order valence-corrected chi connectivity index (χ1v) is 9.90. The second-order valence-electron chi connectivity index (χ2n) is 6.86. The summed E-state index contributed by atoms with van der Waals surface area (Å²) in [6.45, 7) is 0. The fourth-order valence-corrected chi connectivity index (χ4v) is 3.14. The van der Waals surface area contributed by atoms with Crippen LogP contribution in [-0.4, -0.2) is 25.4 Å². The standard InChI is InChI=1S/C26H23N3O2/c1-30-22-12-9-20(10-13-22)18-27-29-26-16-21(11-8-19-6-4-3-5-7-19)28-25-15-14-23(31-2)17-24(25)26/h3-18H,1-2H3,(H,28,29). The van der Waals surface area contributed by atoms with Gasteiger partial charge in [-0.15, -0.1) is 0 Å². The molecule has 4 rings (SSSR count). The summed E-state index contributed by atoms with van der Waals surface area (Å²) in [6.07, 6.45) is 5.81. The van der Waals surface area contributed by atoms with Crippen molar-refractivity contribution in [2.45, 2.75) is 0 Å². The molecule has 3 aromatic carbocycles. The predicted octanol–water partition coefficient (Wildman–Crippen LogP) is 5.87. The molecular formula is C26H23N3O2. The van der Waals surface area contributed by atoms with E-state index in [0.29, 0.717) is 0 Å². The molecule has 0 radical (unpaired) electrons. The van der Waals surface area contributed by atoms with Crippen molar-refractivity contribution >= 4 is 35.0 Å². The van der Waals surface area contributed by atoms with Crippen LogP contribution in [-0.2, 0) is 0 Å².